The number of nitrogens with zero attached hydrogens (tertiary/aromatic N) is 1. The van der Waals surface area contributed by atoms with Crippen LogP contribution in [0.5, 0.6) is 0 Å². The summed E-state index contributed by atoms with van der Waals surface area (Å²) in [5, 5.41) is 23.3. The molecule has 0 bridgehead atoms. The molecule has 4 aliphatic carbocycles. The van der Waals surface area contributed by atoms with Gasteiger partial charge in [-0.2, -0.15) is 0 Å². The van der Waals surface area contributed by atoms with Gasteiger partial charge in [0.1, 0.15) is 0 Å². The van der Waals surface area contributed by atoms with Gasteiger partial charge in [-0.25, -0.2) is 0 Å². The van der Waals surface area contributed by atoms with Gasteiger partial charge in [0, 0.05) is 11.8 Å². The van der Waals surface area contributed by atoms with E-state index in [9.17, 15) is 15.1 Å². The molecule has 0 aromatic rings. The molecule has 188 valence electrons. The number of rotatable bonds is 3. The first kappa shape index (κ1) is 25.0. The smallest absolute Gasteiger partial charge is 0.303 e. The summed E-state index contributed by atoms with van der Waals surface area (Å²) in [7, 11) is 0. The van der Waals surface area contributed by atoms with Gasteiger partial charge in [0.25, 0.3) is 0 Å². The van der Waals surface area contributed by atoms with Crippen molar-refractivity contribution in [3.8, 4) is 0 Å². The minimum atomic E-state index is -0.720. The van der Waals surface area contributed by atoms with Crippen LogP contribution in [-0.2, 0) is 4.79 Å². The number of hydrogen-bond donors (Lipinski definition) is 2. The van der Waals surface area contributed by atoms with Gasteiger partial charge >= 0.3 is 5.97 Å². The Labute approximate surface area is 202 Å². The fraction of sp³-hybridized carbons (Fsp3) is 0.931. The summed E-state index contributed by atoms with van der Waals surface area (Å²) < 4.78 is 0. The molecule has 4 fully saturated rings. The molecule has 4 saturated carbocycles. The highest BCUT2D eigenvalue weighted by molar-refractivity contribution is 5.88. The van der Waals surface area contributed by atoms with Crippen molar-refractivity contribution in [2.45, 2.75) is 120 Å². The lowest BCUT2D eigenvalue weighted by molar-refractivity contribution is -0.246. The Morgan fingerprint density at radius 2 is 1.42 bits per heavy atom. The van der Waals surface area contributed by atoms with Crippen molar-refractivity contribution in [3.05, 3.63) is 0 Å². The van der Waals surface area contributed by atoms with Crippen LogP contribution in [0.25, 0.3) is 0 Å². The minimum Gasteiger partial charge on any atom is -0.481 e. The highest BCUT2D eigenvalue weighted by atomic mass is 16.4. The third-order valence-electron chi connectivity index (χ3n) is 12.9. The van der Waals surface area contributed by atoms with Crippen LogP contribution in [-0.4, -0.2) is 22.0 Å². The molecule has 4 heteroatoms. The fourth-order valence-electron chi connectivity index (χ4n) is 10.3. The Kier molecular flexibility index (Phi) is 5.67. The molecule has 0 aromatic heterocycles. The van der Waals surface area contributed by atoms with Crippen molar-refractivity contribution < 1.29 is 15.1 Å². The van der Waals surface area contributed by atoms with Crippen LogP contribution in [0.4, 0.5) is 0 Å². The number of carboxylic acid groups (broad SMARTS) is 1. The average molecular weight is 460 g/mol. The van der Waals surface area contributed by atoms with E-state index in [1.54, 1.807) is 0 Å². The van der Waals surface area contributed by atoms with Crippen LogP contribution in [0, 0.1) is 50.2 Å². The number of carboxylic acids is 1. The Balaban J connectivity index is 1.79. The first-order chi connectivity index (χ1) is 15.1. The fourth-order valence-corrected chi connectivity index (χ4v) is 10.3. The molecule has 4 rings (SSSR count). The zero-order valence-corrected chi connectivity index (χ0v) is 22.6. The van der Waals surface area contributed by atoms with Gasteiger partial charge in [0.2, 0.25) is 0 Å². The van der Waals surface area contributed by atoms with E-state index in [0.29, 0.717) is 27.9 Å². The predicted octanol–water partition coefficient (Wildman–Crippen LogP) is 7.78. The van der Waals surface area contributed by atoms with E-state index in [1.165, 1.54) is 38.5 Å². The number of carbonyl (C=O) groups is 1. The summed E-state index contributed by atoms with van der Waals surface area (Å²) in [5.41, 5.74) is 1.67. The molecule has 4 aliphatic rings. The van der Waals surface area contributed by atoms with E-state index >= 15 is 0 Å². The van der Waals surface area contributed by atoms with Crippen molar-refractivity contribution in [3.63, 3.8) is 0 Å². The maximum Gasteiger partial charge on any atom is 0.303 e. The highest BCUT2D eigenvalue weighted by Crippen LogP contribution is 2.77. The first-order valence-electron chi connectivity index (χ1n) is 13.5. The molecule has 0 saturated heterocycles. The number of hydrogen-bond acceptors (Lipinski definition) is 3. The zero-order valence-electron chi connectivity index (χ0n) is 22.6. The van der Waals surface area contributed by atoms with E-state index in [2.05, 4.69) is 53.6 Å². The number of aliphatic carboxylic acids is 1. The quantitative estimate of drug-likeness (QED) is 0.257. The first-order valence-corrected chi connectivity index (χ1v) is 13.5. The Bertz CT molecular complexity index is 850. The maximum absolute atomic E-state index is 12.1. The minimum absolute atomic E-state index is 0.00497. The van der Waals surface area contributed by atoms with Crippen molar-refractivity contribution >= 4 is 11.7 Å². The lowest BCUT2D eigenvalue weighted by atomic mass is 9.31. The standard InChI is InChI=1S/C29H49NO3/c1-19(30-33)26(5)10-9-20-27(6,21(26)17-23(31)32)14-16-29(8)22-18-24(2,3)11-12-25(22,4)13-15-28(20,29)7/h20-22,33H,9-18H2,1-8H3,(H,31,32). The van der Waals surface area contributed by atoms with Gasteiger partial charge in [-0.15, -0.1) is 0 Å². The van der Waals surface area contributed by atoms with Crippen LogP contribution in [0.1, 0.15) is 120 Å². The van der Waals surface area contributed by atoms with E-state index in [-0.39, 0.29) is 28.6 Å². The van der Waals surface area contributed by atoms with Crippen molar-refractivity contribution in [1.29, 1.82) is 0 Å². The molecule has 0 aliphatic heterocycles. The third-order valence-corrected chi connectivity index (χ3v) is 12.9. The van der Waals surface area contributed by atoms with Crippen molar-refractivity contribution in [2.24, 2.45) is 55.4 Å². The summed E-state index contributed by atoms with van der Waals surface area (Å²) in [6.45, 7) is 19.2. The molecule has 8 unspecified atom stereocenters. The second kappa shape index (κ2) is 7.47. The average Bonchev–Trinajstić information content (AvgIpc) is 2.73. The number of oxime groups is 1. The molecular formula is C29H49NO3. The third kappa shape index (κ3) is 3.35. The molecule has 0 aromatic carbocycles. The monoisotopic (exact) mass is 459 g/mol. The molecule has 0 spiro atoms. The molecule has 0 heterocycles. The van der Waals surface area contributed by atoms with E-state index in [1.807, 2.05) is 6.92 Å². The Morgan fingerprint density at radius 1 is 0.848 bits per heavy atom. The van der Waals surface area contributed by atoms with Gasteiger partial charge in [-0.1, -0.05) is 53.6 Å². The molecule has 8 atom stereocenters. The van der Waals surface area contributed by atoms with Crippen LogP contribution >= 0.6 is 0 Å². The van der Waals surface area contributed by atoms with Gasteiger partial charge < -0.3 is 10.3 Å². The van der Waals surface area contributed by atoms with E-state index in [0.717, 1.165) is 25.2 Å². The topological polar surface area (TPSA) is 69.9 Å². The summed E-state index contributed by atoms with van der Waals surface area (Å²) in [5.74, 6) is 0.531. The lowest BCUT2D eigenvalue weighted by Gasteiger charge is -2.74. The summed E-state index contributed by atoms with van der Waals surface area (Å²) in [6, 6.07) is 0. The largest absolute Gasteiger partial charge is 0.481 e. The predicted molar refractivity (Wildman–Crippen MR) is 133 cm³/mol. The SMILES string of the molecule is CC(=NO)C1(C)CCC2C(C)(CCC3(C)C4CC(C)(C)CCC4(C)CCC23C)C1CC(=O)O. The van der Waals surface area contributed by atoms with E-state index < -0.39 is 5.97 Å². The zero-order chi connectivity index (χ0) is 24.7. The van der Waals surface area contributed by atoms with E-state index in [4.69, 9.17) is 0 Å². The summed E-state index contributed by atoms with van der Waals surface area (Å²) in [4.78, 5) is 12.1. The molecular weight excluding hydrogens is 410 g/mol. The van der Waals surface area contributed by atoms with Crippen LogP contribution in [0.3, 0.4) is 0 Å². The highest BCUT2D eigenvalue weighted by Gasteiger charge is 2.70. The normalized spacial score (nSPS) is 51.8. The number of fused-ring (bicyclic) bond motifs is 5. The molecule has 4 nitrogen and oxygen atoms in total. The second-order valence-corrected chi connectivity index (χ2v) is 14.8. The van der Waals surface area contributed by atoms with Gasteiger partial charge in [-0.05, 0) is 110 Å². The summed E-state index contributed by atoms with van der Waals surface area (Å²) >= 11 is 0. The Hall–Kier alpha value is -1.06. The maximum atomic E-state index is 12.1. The molecule has 2 N–H and O–H groups in total. The molecule has 0 radical (unpaired) electrons. The Morgan fingerprint density at radius 3 is 2.03 bits per heavy atom. The van der Waals surface area contributed by atoms with Crippen LogP contribution < -0.4 is 0 Å². The lowest BCUT2D eigenvalue weighted by Crippen LogP contribution is -2.67. The summed E-state index contributed by atoms with van der Waals surface area (Å²) in [6.07, 6.45) is 11.1. The van der Waals surface area contributed by atoms with Gasteiger partial charge in [0.05, 0.1) is 5.71 Å². The van der Waals surface area contributed by atoms with Gasteiger partial charge in [-0.3, -0.25) is 4.79 Å². The second-order valence-electron chi connectivity index (χ2n) is 14.8. The van der Waals surface area contributed by atoms with Crippen LogP contribution in [0.2, 0.25) is 0 Å². The molecule has 33 heavy (non-hydrogen) atoms. The van der Waals surface area contributed by atoms with Crippen molar-refractivity contribution in [2.75, 3.05) is 0 Å². The van der Waals surface area contributed by atoms with Gasteiger partial charge in [0.15, 0.2) is 0 Å². The van der Waals surface area contributed by atoms with Crippen molar-refractivity contribution in [1.82, 2.24) is 0 Å². The van der Waals surface area contributed by atoms with Crippen LogP contribution in [0.15, 0.2) is 5.16 Å². The molecule has 0 amide bonds.